The molecule has 1 aromatic carbocycles. The van der Waals surface area contributed by atoms with Crippen LogP contribution in [0.25, 0.3) is 10.2 Å². The third-order valence-corrected chi connectivity index (χ3v) is 3.13. The number of benzene rings is 1. The van der Waals surface area contributed by atoms with Crippen molar-refractivity contribution in [2.24, 2.45) is 0 Å². The van der Waals surface area contributed by atoms with Gasteiger partial charge in [0.15, 0.2) is 5.82 Å². The van der Waals surface area contributed by atoms with E-state index >= 15 is 0 Å². The Morgan fingerprint density at radius 3 is 3.06 bits per heavy atom. The van der Waals surface area contributed by atoms with E-state index in [9.17, 15) is 9.18 Å². The highest BCUT2D eigenvalue weighted by molar-refractivity contribution is 7.18. The van der Waals surface area contributed by atoms with Crippen LogP contribution in [0.1, 0.15) is 15.4 Å². The van der Waals surface area contributed by atoms with Crippen LogP contribution in [-0.4, -0.2) is 29.1 Å². The second kappa shape index (κ2) is 4.77. The predicted molar refractivity (Wildman–Crippen MR) is 63.7 cm³/mol. The minimum atomic E-state index is -0.499. The minimum Gasteiger partial charge on any atom is -0.395 e. The number of thiazole rings is 1. The summed E-state index contributed by atoms with van der Waals surface area (Å²) in [6.45, 7) is 1.80. The van der Waals surface area contributed by atoms with E-state index in [4.69, 9.17) is 5.11 Å². The molecule has 0 radical (unpaired) electrons. The molecule has 6 heteroatoms. The molecule has 0 unspecified atom stereocenters. The van der Waals surface area contributed by atoms with Gasteiger partial charge in [-0.1, -0.05) is 0 Å². The number of carbonyl (C=O) groups is 1. The van der Waals surface area contributed by atoms with Gasteiger partial charge in [-0.3, -0.25) is 4.79 Å². The quantitative estimate of drug-likeness (QED) is 0.871. The van der Waals surface area contributed by atoms with E-state index in [-0.39, 0.29) is 18.7 Å². The van der Waals surface area contributed by atoms with Gasteiger partial charge in [-0.2, -0.15) is 0 Å². The minimum absolute atomic E-state index is 0.143. The highest BCUT2D eigenvalue weighted by Gasteiger charge is 2.12. The number of carbonyl (C=O) groups excluding carboxylic acids is 1. The van der Waals surface area contributed by atoms with Crippen molar-refractivity contribution in [2.75, 3.05) is 13.2 Å². The van der Waals surface area contributed by atoms with Gasteiger partial charge in [-0.15, -0.1) is 11.3 Å². The van der Waals surface area contributed by atoms with E-state index in [2.05, 4.69) is 10.3 Å². The lowest BCUT2D eigenvalue weighted by Gasteiger charge is -2.03. The normalized spacial score (nSPS) is 10.8. The fourth-order valence-corrected chi connectivity index (χ4v) is 2.38. The first kappa shape index (κ1) is 11.9. The number of halogens is 1. The van der Waals surface area contributed by atoms with E-state index in [0.717, 1.165) is 11.1 Å². The molecular formula is C11H11FN2O2S. The molecule has 0 aliphatic carbocycles. The smallest absolute Gasteiger partial charge is 0.251 e. The van der Waals surface area contributed by atoms with E-state index in [1.54, 1.807) is 13.0 Å². The van der Waals surface area contributed by atoms with Gasteiger partial charge in [0, 0.05) is 12.1 Å². The van der Waals surface area contributed by atoms with Crippen LogP contribution < -0.4 is 5.32 Å². The van der Waals surface area contributed by atoms with Crippen LogP contribution in [0, 0.1) is 12.7 Å². The average Bonchev–Trinajstić information content (AvgIpc) is 2.67. The van der Waals surface area contributed by atoms with Gasteiger partial charge in [0.1, 0.15) is 5.52 Å². The fraction of sp³-hybridized carbons (Fsp3) is 0.273. The molecule has 0 aliphatic rings. The van der Waals surface area contributed by atoms with Crippen molar-refractivity contribution in [1.29, 1.82) is 0 Å². The third kappa shape index (κ3) is 2.42. The van der Waals surface area contributed by atoms with Gasteiger partial charge in [0.25, 0.3) is 5.91 Å². The van der Waals surface area contributed by atoms with E-state index < -0.39 is 11.7 Å². The van der Waals surface area contributed by atoms with Gasteiger partial charge in [-0.25, -0.2) is 9.37 Å². The molecule has 2 rings (SSSR count). The first-order valence-corrected chi connectivity index (χ1v) is 5.89. The summed E-state index contributed by atoms with van der Waals surface area (Å²) in [5.74, 6) is -0.896. The number of hydrogen-bond acceptors (Lipinski definition) is 4. The van der Waals surface area contributed by atoms with Gasteiger partial charge < -0.3 is 10.4 Å². The van der Waals surface area contributed by atoms with Crippen LogP contribution in [0.2, 0.25) is 0 Å². The number of aliphatic hydroxyl groups excluding tert-OH is 1. The molecule has 1 amide bonds. The van der Waals surface area contributed by atoms with Crippen LogP contribution in [-0.2, 0) is 0 Å². The maximum atomic E-state index is 13.7. The summed E-state index contributed by atoms with van der Waals surface area (Å²) in [4.78, 5) is 15.6. The number of nitrogens with one attached hydrogen (secondary N) is 1. The molecule has 0 aliphatic heterocycles. The molecule has 1 heterocycles. The number of fused-ring (bicyclic) bond motifs is 1. The summed E-state index contributed by atoms with van der Waals surface area (Å²) < 4.78 is 14.3. The number of aliphatic hydroxyl groups is 1. The first-order valence-electron chi connectivity index (χ1n) is 5.07. The van der Waals surface area contributed by atoms with Crippen LogP contribution in [0.3, 0.4) is 0 Å². The van der Waals surface area contributed by atoms with Gasteiger partial charge in [0.05, 0.1) is 16.3 Å². The molecule has 0 saturated heterocycles. The van der Waals surface area contributed by atoms with Crippen LogP contribution in [0.5, 0.6) is 0 Å². The van der Waals surface area contributed by atoms with Crippen molar-refractivity contribution in [3.05, 3.63) is 28.5 Å². The van der Waals surface area contributed by atoms with E-state index in [1.807, 2.05) is 0 Å². The van der Waals surface area contributed by atoms with E-state index in [0.29, 0.717) is 10.2 Å². The van der Waals surface area contributed by atoms with Crippen molar-refractivity contribution in [2.45, 2.75) is 6.92 Å². The van der Waals surface area contributed by atoms with Crippen molar-refractivity contribution in [3.63, 3.8) is 0 Å². The lowest BCUT2D eigenvalue weighted by Crippen LogP contribution is -2.26. The molecule has 2 aromatic rings. The molecule has 0 spiro atoms. The highest BCUT2D eigenvalue weighted by atomic mass is 32.1. The number of aryl methyl sites for hydroxylation is 1. The zero-order valence-electron chi connectivity index (χ0n) is 9.16. The standard InChI is InChI=1S/C11H11FN2O2S/c1-6-14-10-8(12)4-7(5-9(10)17-6)11(16)13-2-3-15/h4-5,15H,2-3H2,1H3,(H,13,16). The number of nitrogens with zero attached hydrogens (tertiary/aromatic N) is 1. The summed E-state index contributed by atoms with van der Waals surface area (Å²) in [5.41, 5.74) is 0.540. The van der Waals surface area contributed by atoms with Crippen molar-refractivity contribution < 1.29 is 14.3 Å². The molecular weight excluding hydrogens is 243 g/mol. The van der Waals surface area contributed by atoms with E-state index in [1.165, 1.54) is 11.3 Å². The maximum Gasteiger partial charge on any atom is 0.251 e. The molecule has 0 bridgehead atoms. The predicted octanol–water partition coefficient (Wildman–Crippen LogP) is 1.47. The molecule has 1 aromatic heterocycles. The Labute approximate surface area is 101 Å². The van der Waals surface area contributed by atoms with Crippen molar-refractivity contribution in [3.8, 4) is 0 Å². The maximum absolute atomic E-state index is 13.7. The highest BCUT2D eigenvalue weighted by Crippen LogP contribution is 2.25. The Bertz CT molecular complexity index is 568. The van der Waals surface area contributed by atoms with Gasteiger partial charge in [-0.05, 0) is 19.1 Å². The van der Waals surface area contributed by atoms with Crippen LogP contribution >= 0.6 is 11.3 Å². The molecule has 0 saturated carbocycles. The Morgan fingerprint density at radius 2 is 2.35 bits per heavy atom. The number of hydrogen-bond donors (Lipinski definition) is 2. The molecule has 17 heavy (non-hydrogen) atoms. The fourth-order valence-electron chi connectivity index (χ4n) is 1.50. The Kier molecular flexibility index (Phi) is 3.35. The van der Waals surface area contributed by atoms with Crippen LogP contribution in [0.15, 0.2) is 12.1 Å². The Balaban J connectivity index is 2.39. The number of aromatic nitrogens is 1. The summed E-state index contributed by atoms with van der Waals surface area (Å²) in [6.07, 6.45) is 0. The Hall–Kier alpha value is -1.53. The summed E-state index contributed by atoms with van der Waals surface area (Å²) >= 11 is 1.34. The topological polar surface area (TPSA) is 62.2 Å². The second-order valence-corrected chi connectivity index (χ2v) is 4.75. The number of rotatable bonds is 3. The second-order valence-electron chi connectivity index (χ2n) is 3.52. The number of amides is 1. The van der Waals surface area contributed by atoms with Crippen molar-refractivity contribution in [1.82, 2.24) is 10.3 Å². The van der Waals surface area contributed by atoms with Crippen molar-refractivity contribution >= 4 is 27.5 Å². The van der Waals surface area contributed by atoms with Gasteiger partial charge in [0.2, 0.25) is 0 Å². The summed E-state index contributed by atoms with van der Waals surface area (Å²) in [7, 11) is 0. The molecule has 0 fully saturated rings. The summed E-state index contributed by atoms with van der Waals surface area (Å²) in [5, 5.41) is 11.8. The molecule has 2 N–H and O–H groups in total. The van der Waals surface area contributed by atoms with Gasteiger partial charge >= 0.3 is 0 Å². The molecule has 0 atom stereocenters. The summed E-state index contributed by atoms with van der Waals surface area (Å²) in [6, 6.07) is 2.77. The molecule has 4 nitrogen and oxygen atoms in total. The monoisotopic (exact) mass is 254 g/mol. The van der Waals surface area contributed by atoms with Crippen LogP contribution in [0.4, 0.5) is 4.39 Å². The SMILES string of the molecule is Cc1nc2c(F)cc(C(=O)NCCO)cc2s1. The zero-order valence-corrected chi connectivity index (χ0v) is 9.97. The first-order chi connectivity index (χ1) is 8.11. The average molecular weight is 254 g/mol. The lowest BCUT2D eigenvalue weighted by molar-refractivity contribution is 0.0944. The molecule has 90 valence electrons. The lowest BCUT2D eigenvalue weighted by atomic mass is 10.2. The zero-order chi connectivity index (χ0) is 12.4. The Morgan fingerprint density at radius 1 is 1.59 bits per heavy atom. The largest absolute Gasteiger partial charge is 0.395 e. The third-order valence-electron chi connectivity index (χ3n) is 2.21.